The van der Waals surface area contributed by atoms with Gasteiger partial charge in [0.15, 0.2) is 5.78 Å². The molecule has 4 N–H and O–H groups in total. The highest BCUT2D eigenvalue weighted by Crippen LogP contribution is 2.22. The summed E-state index contributed by atoms with van der Waals surface area (Å²) < 4.78 is 0. The predicted molar refractivity (Wildman–Crippen MR) is 121 cm³/mol. The van der Waals surface area contributed by atoms with Crippen LogP contribution >= 0.6 is 0 Å². The number of carbonyl (C=O) groups is 2. The average molecular weight is 445 g/mol. The largest absolute Gasteiger partial charge is 1.00 e. The first-order valence-corrected chi connectivity index (χ1v) is 10.3. The van der Waals surface area contributed by atoms with Gasteiger partial charge in [-0.15, -0.1) is 0 Å². The number of aryl methyl sites for hydroxylation is 3. The maximum absolute atomic E-state index is 12.5. The lowest BCUT2D eigenvalue weighted by Gasteiger charge is -2.16. The molecule has 5 nitrogen and oxygen atoms in total. The number of benzene rings is 2. The molecule has 0 bridgehead atoms. The second-order valence-electron chi connectivity index (χ2n) is 8.11. The fourth-order valence-electron chi connectivity index (χ4n) is 3.70. The molecule has 0 fully saturated rings. The molecule has 6 heteroatoms. The molecule has 0 heterocycles. The topological polar surface area (TPSA) is 83.0 Å². The molecule has 1 unspecified atom stereocenters. The van der Waals surface area contributed by atoms with Gasteiger partial charge in [0.2, 0.25) is 5.91 Å². The van der Waals surface area contributed by atoms with Gasteiger partial charge < -0.3 is 28.1 Å². The zero-order valence-electron chi connectivity index (χ0n) is 19.0. The number of quaternary nitrogens is 1. The lowest BCUT2D eigenvalue weighted by molar-refractivity contribution is -0.660. The van der Waals surface area contributed by atoms with E-state index < -0.39 is 6.10 Å². The number of allylic oxidation sites excluding steroid dienone is 1. The summed E-state index contributed by atoms with van der Waals surface area (Å²) >= 11 is 0. The van der Waals surface area contributed by atoms with Crippen LogP contribution in [0.3, 0.4) is 0 Å². The van der Waals surface area contributed by atoms with Crippen molar-refractivity contribution in [3.8, 4) is 0 Å². The summed E-state index contributed by atoms with van der Waals surface area (Å²) in [4.78, 5) is 24.4. The Hall–Kier alpha value is -2.47. The van der Waals surface area contributed by atoms with E-state index >= 15 is 0 Å². The summed E-state index contributed by atoms with van der Waals surface area (Å²) in [6.45, 7) is 10.9. The number of nitrogens with two attached hydrogens (primary N) is 1. The number of aliphatic hydroxyl groups is 1. The van der Waals surface area contributed by atoms with Crippen molar-refractivity contribution in [1.82, 2.24) is 0 Å². The predicted octanol–water partition coefficient (Wildman–Crippen LogP) is 0.390. The SMILES string of the molecule is CC(C)=CC(=O)Nc1cccc(C(=O)CC[NH2+]CC(O)c2c(C)cc(C)cc2C)c1.[Cl-]. The minimum Gasteiger partial charge on any atom is -1.00 e. The zero-order valence-corrected chi connectivity index (χ0v) is 19.7. The van der Waals surface area contributed by atoms with Crippen molar-refractivity contribution in [2.75, 3.05) is 18.4 Å². The number of ketones is 1. The molecular weight excluding hydrogens is 412 g/mol. The van der Waals surface area contributed by atoms with Crippen molar-refractivity contribution < 1.29 is 32.4 Å². The number of amides is 1. The summed E-state index contributed by atoms with van der Waals surface area (Å²) in [5, 5.41) is 15.3. The highest BCUT2D eigenvalue weighted by Gasteiger charge is 2.16. The Morgan fingerprint density at radius 1 is 1.10 bits per heavy atom. The molecule has 0 spiro atoms. The minimum absolute atomic E-state index is 0. The summed E-state index contributed by atoms with van der Waals surface area (Å²) in [6, 6.07) is 11.2. The van der Waals surface area contributed by atoms with Gasteiger partial charge in [0, 0.05) is 17.3 Å². The highest BCUT2D eigenvalue weighted by atomic mass is 35.5. The molecule has 0 saturated heterocycles. The molecule has 0 aliphatic heterocycles. The maximum Gasteiger partial charge on any atom is 0.248 e. The van der Waals surface area contributed by atoms with Gasteiger partial charge in [0.25, 0.3) is 0 Å². The molecule has 2 aromatic rings. The van der Waals surface area contributed by atoms with Gasteiger partial charge >= 0.3 is 0 Å². The molecule has 168 valence electrons. The van der Waals surface area contributed by atoms with Gasteiger partial charge in [0.05, 0.1) is 13.0 Å². The van der Waals surface area contributed by atoms with Crippen molar-refractivity contribution >= 4 is 17.4 Å². The van der Waals surface area contributed by atoms with E-state index in [2.05, 4.69) is 24.4 Å². The monoisotopic (exact) mass is 444 g/mol. The van der Waals surface area contributed by atoms with Crippen LogP contribution in [0.15, 0.2) is 48.0 Å². The third-order valence-corrected chi connectivity index (χ3v) is 4.91. The van der Waals surface area contributed by atoms with Gasteiger partial charge in [-0.2, -0.15) is 0 Å². The summed E-state index contributed by atoms with van der Waals surface area (Å²) in [7, 11) is 0. The molecule has 1 amide bonds. The Bertz CT molecular complexity index is 927. The second-order valence-corrected chi connectivity index (χ2v) is 8.11. The quantitative estimate of drug-likeness (QED) is 0.297. The molecule has 0 saturated carbocycles. The van der Waals surface area contributed by atoms with Crippen LogP contribution in [-0.4, -0.2) is 29.9 Å². The zero-order chi connectivity index (χ0) is 22.3. The number of nitrogens with one attached hydrogen (secondary N) is 1. The van der Waals surface area contributed by atoms with E-state index in [1.807, 2.05) is 33.0 Å². The third kappa shape index (κ3) is 8.29. The Kier molecular flexibility index (Phi) is 10.6. The Morgan fingerprint density at radius 3 is 2.35 bits per heavy atom. The summed E-state index contributed by atoms with van der Waals surface area (Å²) in [5.74, 6) is -0.189. The highest BCUT2D eigenvalue weighted by molar-refractivity contribution is 6.01. The van der Waals surface area contributed by atoms with Crippen LogP contribution in [0.2, 0.25) is 0 Å². The van der Waals surface area contributed by atoms with Gasteiger partial charge in [-0.1, -0.05) is 35.4 Å². The van der Waals surface area contributed by atoms with Crippen molar-refractivity contribution in [2.24, 2.45) is 0 Å². The molecule has 1 atom stereocenters. The van der Waals surface area contributed by atoms with Crippen LogP contribution < -0.4 is 23.0 Å². The van der Waals surface area contributed by atoms with Gasteiger partial charge in [-0.25, -0.2) is 0 Å². The fourth-order valence-corrected chi connectivity index (χ4v) is 3.70. The lowest BCUT2D eigenvalue weighted by Crippen LogP contribution is -3.00. The fraction of sp³-hybridized carbons (Fsp3) is 0.360. The summed E-state index contributed by atoms with van der Waals surface area (Å²) in [5.41, 5.74) is 6.44. The van der Waals surface area contributed by atoms with E-state index in [1.165, 1.54) is 11.6 Å². The van der Waals surface area contributed by atoms with E-state index in [-0.39, 0.29) is 24.1 Å². The number of halogens is 1. The number of hydrogen-bond donors (Lipinski definition) is 3. The van der Waals surface area contributed by atoms with Crippen LogP contribution in [0.1, 0.15) is 59.0 Å². The molecule has 2 aromatic carbocycles. The van der Waals surface area contributed by atoms with Crippen molar-refractivity contribution in [3.05, 3.63) is 75.9 Å². The average Bonchev–Trinajstić information content (AvgIpc) is 2.63. The first-order valence-electron chi connectivity index (χ1n) is 10.3. The molecular formula is C25H33ClN2O3. The second kappa shape index (κ2) is 12.4. The van der Waals surface area contributed by atoms with Crippen LogP contribution in [0.25, 0.3) is 0 Å². The van der Waals surface area contributed by atoms with E-state index in [4.69, 9.17) is 0 Å². The van der Waals surface area contributed by atoms with Crippen molar-refractivity contribution in [3.63, 3.8) is 0 Å². The molecule has 31 heavy (non-hydrogen) atoms. The molecule has 0 aliphatic carbocycles. The molecule has 0 aliphatic rings. The number of anilines is 1. The number of hydrogen-bond acceptors (Lipinski definition) is 3. The standard InChI is InChI=1S/C25H32N2O3.ClH/c1-16(2)11-24(30)27-21-8-6-7-20(14-21)22(28)9-10-26-15-23(29)25-18(4)12-17(3)13-19(25)5;/h6-8,11-14,23,26,29H,9-10,15H2,1-5H3,(H,27,30);1H. The molecule has 2 rings (SSSR count). The first-order chi connectivity index (χ1) is 14.2. The molecule has 0 aromatic heterocycles. The van der Waals surface area contributed by atoms with Gasteiger partial charge in [0.1, 0.15) is 12.6 Å². The lowest BCUT2D eigenvalue weighted by atomic mass is 9.95. The number of aliphatic hydroxyl groups excluding tert-OH is 1. The van der Waals surface area contributed by atoms with Crippen LogP contribution in [-0.2, 0) is 4.79 Å². The van der Waals surface area contributed by atoms with Gasteiger partial charge in [-0.3, -0.25) is 9.59 Å². The first kappa shape index (κ1) is 26.6. The van der Waals surface area contributed by atoms with Crippen molar-refractivity contribution in [1.29, 1.82) is 0 Å². The van der Waals surface area contributed by atoms with E-state index in [9.17, 15) is 14.7 Å². The third-order valence-electron chi connectivity index (χ3n) is 4.91. The Balaban J connectivity index is 0.00000480. The van der Waals surface area contributed by atoms with Gasteiger partial charge in [-0.05, 0) is 63.4 Å². The number of rotatable bonds is 9. The van der Waals surface area contributed by atoms with E-state index in [0.717, 1.165) is 22.3 Å². The smallest absolute Gasteiger partial charge is 0.248 e. The Morgan fingerprint density at radius 2 is 1.74 bits per heavy atom. The number of Topliss-reactive ketones (excluding diaryl/α,β-unsaturated/α-hetero) is 1. The molecule has 0 radical (unpaired) electrons. The van der Waals surface area contributed by atoms with E-state index in [1.54, 1.807) is 24.3 Å². The van der Waals surface area contributed by atoms with Crippen LogP contribution in [0.5, 0.6) is 0 Å². The Labute approximate surface area is 191 Å². The maximum atomic E-state index is 12.5. The summed E-state index contributed by atoms with van der Waals surface area (Å²) in [6.07, 6.45) is 1.32. The van der Waals surface area contributed by atoms with Crippen molar-refractivity contribution in [2.45, 2.75) is 47.1 Å². The van der Waals surface area contributed by atoms with Crippen LogP contribution in [0.4, 0.5) is 5.69 Å². The number of carbonyl (C=O) groups excluding carboxylic acids is 2. The minimum atomic E-state index is -0.561. The normalized spacial score (nSPS) is 11.3. The van der Waals surface area contributed by atoms with E-state index in [0.29, 0.717) is 30.8 Å². The van der Waals surface area contributed by atoms with Crippen LogP contribution in [0, 0.1) is 20.8 Å².